The summed E-state index contributed by atoms with van der Waals surface area (Å²) in [5.41, 5.74) is 0.722. The maximum Gasteiger partial charge on any atom is 0.370 e. The number of rotatable bonds is 12. The minimum absolute atomic E-state index is 0.0199. The summed E-state index contributed by atoms with van der Waals surface area (Å²) >= 11 is 1.34. The number of esters is 1. The van der Waals surface area contributed by atoms with Crippen LogP contribution in [0.4, 0.5) is 15.8 Å². The second kappa shape index (κ2) is 13.5. The van der Waals surface area contributed by atoms with Gasteiger partial charge in [0.25, 0.3) is 0 Å². The fourth-order valence-corrected chi connectivity index (χ4v) is 6.78. The van der Waals surface area contributed by atoms with Crippen molar-refractivity contribution in [3.8, 4) is 5.75 Å². The Hall–Kier alpha value is -2.56. The first-order valence-electron chi connectivity index (χ1n) is 13.0. The number of hydrogen-bond donors (Lipinski definition) is 1. The lowest BCUT2D eigenvalue weighted by atomic mass is 9.87. The normalized spacial score (nSPS) is 16.4. The smallest absolute Gasteiger partial charge is 0.370 e. The van der Waals surface area contributed by atoms with Crippen molar-refractivity contribution >= 4 is 39.1 Å². The Morgan fingerprint density at radius 1 is 1.13 bits per heavy atom. The number of nitrogens with zero attached hydrogens (tertiary/aromatic N) is 1. The van der Waals surface area contributed by atoms with Gasteiger partial charge < -0.3 is 14.4 Å². The van der Waals surface area contributed by atoms with Gasteiger partial charge in [-0.3, -0.25) is 0 Å². The van der Waals surface area contributed by atoms with Crippen LogP contribution in [0.15, 0.2) is 64.3 Å². The molecule has 0 radical (unpaired) electrons. The Morgan fingerprint density at radius 3 is 2.37 bits per heavy atom. The molecule has 0 bridgehead atoms. The summed E-state index contributed by atoms with van der Waals surface area (Å²) < 4.78 is 55.3. The van der Waals surface area contributed by atoms with Gasteiger partial charge in [0.1, 0.15) is 16.9 Å². The van der Waals surface area contributed by atoms with Crippen molar-refractivity contribution in [1.29, 1.82) is 0 Å². The van der Waals surface area contributed by atoms with Gasteiger partial charge in [-0.2, -0.15) is 4.39 Å². The number of ether oxygens (including phenoxy) is 2. The number of hydrogen-bond acceptors (Lipinski definition) is 7. The van der Waals surface area contributed by atoms with Gasteiger partial charge >= 0.3 is 5.97 Å². The Kier molecular flexibility index (Phi) is 10.6. The van der Waals surface area contributed by atoms with E-state index < -0.39 is 27.4 Å². The van der Waals surface area contributed by atoms with Crippen molar-refractivity contribution in [2.24, 2.45) is 0 Å². The molecule has 0 unspecified atom stereocenters. The number of benzene rings is 2. The number of thioether (sulfide) groups is 1. The topological polar surface area (TPSA) is 84.9 Å². The minimum Gasteiger partial charge on any atom is -0.461 e. The van der Waals surface area contributed by atoms with E-state index in [1.807, 2.05) is 36.6 Å². The molecule has 208 valence electrons. The number of carbonyl (C=O) groups is 1. The Morgan fingerprint density at radius 2 is 1.79 bits per heavy atom. The van der Waals surface area contributed by atoms with Crippen LogP contribution in [-0.4, -0.2) is 39.3 Å². The Labute approximate surface area is 229 Å². The first-order valence-corrected chi connectivity index (χ1v) is 15.7. The molecule has 0 aliphatic carbocycles. The number of fused-ring (bicyclic) bond motifs is 1. The summed E-state index contributed by atoms with van der Waals surface area (Å²) in [5.74, 6) is -2.23. The van der Waals surface area contributed by atoms with Gasteiger partial charge in [0, 0.05) is 18.3 Å². The van der Waals surface area contributed by atoms with Gasteiger partial charge in [-0.05, 0) is 44.2 Å². The average molecular weight is 565 g/mol. The molecule has 0 atom stereocenters. The highest BCUT2D eigenvalue weighted by molar-refractivity contribution is 7.98. The van der Waals surface area contributed by atoms with E-state index in [9.17, 15) is 17.6 Å². The minimum atomic E-state index is -3.99. The molecule has 0 fully saturated rings. The third-order valence-corrected chi connectivity index (χ3v) is 8.85. The molecule has 3 rings (SSSR count). The number of halogens is 1. The van der Waals surface area contributed by atoms with Crippen LogP contribution >= 0.6 is 11.8 Å². The number of carbonyl (C=O) groups excluding carboxylic acids is 1. The number of nitrogens with one attached hydrogen (secondary N) is 1. The van der Waals surface area contributed by atoms with Gasteiger partial charge in [0.15, 0.2) is 0 Å². The maximum atomic E-state index is 14.2. The monoisotopic (exact) mass is 564 g/mol. The number of anilines is 2. The highest BCUT2D eigenvalue weighted by atomic mass is 32.2. The summed E-state index contributed by atoms with van der Waals surface area (Å²) in [5, 5.41) is 0. The molecule has 7 nitrogen and oxygen atoms in total. The van der Waals surface area contributed by atoms with Crippen molar-refractivity contribution in [3.63, 3.8) is 0 Å². The molecule has 2 aromatic rings. The molecular weight excluding hydrogens is 527 g/mol. The van der Waals surface area contributed by atoms with Gasteiger partial charge in [0.05, 0.1) is 22.7 Å². The molecule has 0 aromatic heterocycles. The number of para-hydroxylation sites is 1. The van der Waals surface area contributed by atoms with Crippen molar-refractivity contribution < 1.29 is 27.1 Å². The van der Waals surface area contributed by atoms with Gasteiger partial charge in [0.2, 0.25) is 15.9 Å². The summed E-state index contributed by atoms with van der Waals surface area (Å²) in [7, 11) is -3.99. The van der Waals surface area contributed by atoms with Crippen LogP contribution in [0.3, 0.4) is 0 Å². The molecule has 0 saturated heterocycles. The molecule has 0 amide bonds. The van der Waals surface area contributed by atoms with E-state index in [0.29, 0.717) is 36.2 Å². The van der Waals surface area contributed by atoms with Crippen LogP contribution in [-0.2, 0) is 19.6 Å². The largest absolute Gasteiger partial charge is 0.461 e. The molecule has 0 spiro atoms. The SMILES string of the molecule is CCCCC1(CCCC)CN(c2ccccc2)c2cc(SC)c(O/C=C(\F)C(=O)OCC)cc2S(=O)(=O)N1. The fourth-order valence-electron chi connectivity index (χ4n) is 4.59. The van der Waals surface area contributed by atoms with E-state index in [1.165, 1.54) is 17.8 Å². The van der Waals surface area contributed by atoms with E-state index in [0.717, 1.165) is 31.4 Å². The van der Waals surface area contributed by atoms with Crippen LogP contribution in [0.25, 0.3) is 0 Å². The van der Waals surface area contributed by atoms with Crippen molar-refractivity contribution in [3.05, 3.63) is 54.6 Å². The van der Waals surface area contributed by atoms with E-state index >= 15 is 0 Å². The molecule has 0 saturated carbocycles. The van der Waals surface area contributed by atoms with Gasteiger partial charge in [-0.25, -0.2) is 17.9 Å². The third-order valence-electron chi connectivity index (χ3n) is 6.48. The summed E-state index contributed by atoms with van der Waals surface area (Å²) in [6.07, 6.45) is 7.53. The summed E-state index contributed by atoms with van der Waals surface area (Å²) in [4.78, 5) is 14.4. The van der Waals surface area contributed by atoms with Gasteiger partial charge in [-0.1, -0.05) is 57.7 Å². The standard InChI is InChI=1S/C28H37FN2O5S2/c1-5-8-15-28(16-9-6-2)20-31(21-13-11-10-12-14-21)23-17-25(37-4)24(18-26(23)38(33,34)30-28)36-19-22(29)27(32)35-7-3/h10-14,17-19,30H,5-9,15-16,20H2,1-4H3/b22-19-. The van der Waals surface area contributed by atoms with Crippen LogP contribution in [0.5, 0.6) is 5.75 Å². The summed E-state index contributed by atoms with van der Waals surface area (Å²) in [6.45, 7) is 6.25. The maximum absolute atomic E-state index is 14.2. The lowest BCUT2D eigenvalue weighted by Gasteiger charge is -2.37. The zero-order valence-corrected chi connectivity index (χ0v) is 24.1. The highest BCUT2D eigenvalue weighted by Crippen LogP contribution is 2.44. The fraction of sp³-hybridized carbons (Fsp3) is 0.464. The lowest BCUT2D eigenvalue weighted by molar-refractivity contribution is -0.140. The second-order valence-corrected chi connectivity index (χ2v) is 11.8. The second-order valence-electron chi connectivity index (χ2n) is 9.29. The van der Waals surface area contributed by atoms with E-state index in [2.05, 4.69) is 28.2 Å². The molecule has 10 heteroatoms. The molecule has 1 N–H and O–H groups in total. The zero-order valence-electron chi connectivity index (χ0n) is 22.5. The molecule has 1 aliphatic heterocycles. The summed E-state index contributed by atoms with van der Waals surface area (Å²) in [6, 6.07) is 12.9. The quantitative estimate of drug-likeness (QED) is 0.133. The molecular formula is C28H37FN2O5S2. The molecule has 38 heavy (non-hydrogen) atoms. The Bertz CT molecular complexity index is 1230. The van der Waals surface area contributed by atoms with Crippen molar-refractivity contribution in [1.82, 2.24) is 4.72 Å². The first kappa shape index (κ1) is 30.0. The van der Waals surface area contributed by atoms with E-state index in [4.69, 9.17) is 4.74 Å². The Balaban J connectivity index is 2.19. The number of unbranched alkanes of at least 4 members (excludes halogenated alkanes) is 2. The highest BCUT2D eigenvalue weighted by Gasteiger charge is 2.42. The van der Waals surface area contributed by atoms with Crippen LogP contribution in [0.2, 0.25) is 0 Å². The predicted molar refractivity (Wildman–Crippen MR) is 150 cm³/mol. The van der Waals surface area contributed by atoms with Crippen LogP contribution in [0, 0.1) is 0 Å². The number of sulfonamides is 1. The molecule has 1 heterocycles. The lowest BCUT2D eigenvalue weighted by Crippen LogP contribution is -2.53. The van der Waals surface area contributed by atoms with Crippen LogP contribution < -0.4 is 14.4 Å². The average Bonchev–Trinajstić information content (AvgIpc) is 3.01. The predicted octanol–water partition coefficient (Wildman–Crippen LogP) is 6.71. The van der Waals surface area contributed by atoms with E-state index in [1.54, 1.807) is 13.0 Å². The first-order chi connectivity index (χ1) is 18.2. The van der Waals surface area contributed by atoms with Crippen molar-refractivity contribution in [2.45, 2.75) is 74.6 Å². The van der Waals surface area contributed by atoms with Crippen molar-refractivity contribution in [2.75, 3.05) is 24.3 Å². The van der Waals surface area contributed by atoms with E-state index in [-0.39, 0.29) is 17.3 Å². The molecule has 1 aliphatic rings. The third kappa shape index (κ3) is 7.09. The zero-order chi connectivity index (χ0) is 27.8. The molecule has 2 aromatic carbocycles. The van der Waals surface area contributed by atoms with Crippen LogP contribution in [0.1, 0.15) is 59.3 Å². The van der Waals surface area contributed by atoms with Gasteiger partial charge in [-0.15, -0.1) is 11.8 Å².